The third kappa shape index (κ3) is 4.92. The highest BCUT2D eigenvalue weighted by atomic mass is 16.3. The molecule has 2 heteroatoms. The number of hydrogen-bond donors (Lipinski definition) is 0. The van der Waals surface area contributed by atoms with E-state index in [1.165, 1.54) is 0 Å². The Labute approximate surface area is 323 Å². The van der Waals surface area contributed by atoms with Gasteiger partial charge in [0, 0.05) is 33.2 Å². The van der Waals surface area contributed by atoms with Gasteiger partial charge in [-0.15, -0.1) is 0 Å². The van der Waals surface area contributed by atoms with Crippen molar-refractivity contribution in [2.24, 2.45) is 0 Å². The van der Waals surface area contributed by atoms with Crippen LogP contribution in [0.3, 0.4) is 0 Å². The lowest BCUT2D eigenvalue weighted by Gasteiger charge is -2.26. The first-order valence-corrected chi connectivity index (χ1v) is 13.8. The molecule has 48 heavy (non-hydrogen) atoms. The molecule has 0 fully saturated rings. The number of fused-ring (bicyclic) bond motifs is 5. The summed E-state index contributed by atoms with van der Waals surface area (Å²) in [5.74, 6) is 0. The van der Waals surface area contributed by atoms with Crippen LogP contribution in [0.25, 0.3) is 66.1 Å². The lowest BCUT2D eigenvalue weighted by atomic mass is 9.95. The Morgan fingerprint density at radius 2 is 0.833 bits per heavy atom. The van der Waals surface area contributed by atoms with Crippen molar-refractivity contribution in [2.45, 2.75) is 0 Å². The van der Waals surface area contributed by atoms with Gasteiger partial charge in [-0.05, 0) is 93.1 Å². The zero-order chi connectivity index (χ0) is 58.8. The molecule has 8 aromatic carbocycles. The Balaban J connectivity index is 1.40. The van der Waals surface area contributed by atoms with Crippen LogP contribution in [0.15, 0.2) is 192 Å². The molecule has 0 atom stereocenters. The maximum Gasteiger partial charge on any atom is 0.143 e. The quantitative estimate of drug-likeness (QED) is 0.179. The molecule has 9 aromatic rings. The van der Waals surface area contributed by atoms with Crippen molar-refractivity contribution in [1.29, 1.82) is 0 Å². The molecule has 0 aliphatic rings. The van der Waals surface area contributed by atoms with Gasteiger partial charge in [0.15, 0.2) is 0 Å². The van der Waals surface area contributed by atoms with Crippen LogP contribution in [-0.2, 0) is 0 Å². The molecule has 0 unspecified atom stereocenters. The topological polar surface area (TPSA) is 16.4 Å². The summed E-state index contributed by atoms with van der Waals surface area (Å²) in [7, 11) is 0. The zero-order valence-corrected chi connectivity index (χ0v) is 23.9. The first-order chi connectivity index (χ1) is 36.7. The Morgan fingerprint density at radius 1 is 0.354 bits per heavy atom. The molecular weight excluding hydrogens is 583 g/mol. The van der Waals surface area contributed by atoms with Gasteiger partial charge in [-0.3, -0.25) is 0 Å². The molecule has 0 amide bonds. The van der Waals surface area contributed by atoms with Gasteiger partial charge >= 0.3 is 0 Å². The zero-order valence-electron chi connectivity index (χ0n) is 54.9. The largest absolute Gasteiger partial charge is 0.455 e. The van der Waals surface area contributed by atoms with Gasteiger partial charge in [0.05, 0.1) is 42.5 Å². The lowest BCUT2D eigenvalue weighted by Crippen LogP contribution is -2.09. The van der Waals surface area contributed by atoms with Crippen LogP contribution in [0.1, 0.15) is 42.5 Å². The van der Waals surface area contributed by atoms with Gasteiger partial charge in [0.25, 0.3) is 0 Å². The van der Waals surface area contributed by atoms with Crippen LogP contribution in [0, 0.1) is 0 Å². The predicted octanol–water partition coefficient (Wildman–Crippen LogP) is 13.2. The molecule has 1 aromatic heterocycles. The Hall–Kier alpha value is -6.38. The minimum atomic E-state index is -1.26. The molecule has 0 radical (unpaired) electrons. The van der Waals surface area contributed by atoms with Gasteiger partial charge in [0.1, 0.15) is 11.2 Å². The fourth-order valence-electron chi connectivity index (χ4n) is 4.90. The standard InChI is InChI=1S/C46H31NO/c1-4-12-32(13-5-1)33-20-25-38(26-21-33)47(37-16-8-3-9-17-37)39-27-22-34(23-28-39)36-24-29-41-44-31-43(35-14-6-2-7-15-35)40-18-10-11-19-42(40)46(44)48-45(41)30-36/h1-31H/i1D,2D,3D,4D,5D,6D,7D,8D,9D,10D,11D,12D,13D,14D,15D,16D,17D,18D,19D,20D,21D,22D,23D,24D,25D,26D,27D,28D,29D,30D,31D. The van der Waals surface area contributed by atoms with E-state index in [-0.39, 0.29) is 0 Å². The molecule has 226 valence electrons. The van der Waals surface area contributed by atoms with E-state index in [1.54, 1.807) is 0 Å². The van der Waals surface area contributed by atoms with Crippen molar-refractivity contribution >= 4 is 49.8 Å². The molecule has 2 nitrogen and oxygen atoms in total. The molecule has 0 aliphatic heterocycles. The first kappa shape index (κ1) is 10.6. The van der Waals surface area contributed by atoms with E-state index in [0.29, 0.717) is 4.90 Å². The summed E-state index contributed by atoms with van der Waals surface area (Å²) in [4.78, 5) is 0.328. The number of hydrogen-bond acceptors (Lipinski definition) is 2. The lowest BCUT2D eigenvalue weighted by molar-refractivity contribution is 0.673. The molecule has 0 saturated carbocycles. The van der Waals surface area contributed by atoms with Crippen LogP contribution in [0.2, 0.25) is 0 Å². The third-order valence-electron chi connectivity index (χ3n) is 7.01. The fraction of sp³-hybridized carbons (Fsp3) is 0. The second kappa shape index (κ2) is 11.8. The van der Waals surface area contributed by atoms with Crippen molar-refractivity contribution in [3.05, 3.63) is 187 Å². The van der Waals surface area contributed by atoms with E-state index in [9.17, 15) is 13.7 Å². The van der Waals surface area contributed by atoms with Crippen molar-refractivity contribution in [2.75, 3.05) is 4.90 Å². The fourth-order valence-corrected chi connectivity index (χ4v) is 4.90. The number of nitrogens with zero attached hydrogens (tertiary/aromatic N) is 1. The maximum atomic E-state index is 9.53. The molecule has 1 heterocycles. The summed E-state index contributed by atoms with van der Waals surface area (Å²) in [6.45, 7) is 0. The van der Waals surface area contributed by atoms with Crippen LogP contribution in [0.4, 0.5) is 17.1 Å². The highest BCUT2D eigenvalue weighted by Gasteiger charge is 2.16. The van der Waals surface area contributed by atoms with Crippen molar-refractivity contribution in [3.63, 3.8) is 0 Å². The monoisotopic (exact) mass is 644 g/mol. The van der Waals surface area contributed by atoms with Crippen LogP contribution >= 0.6 is 0 Å². The summed E-state index contributed by atoms with van der Waals surface area (Å²) in [6, 6.07) is -31.4. The van der Waals surface area contributed by atoms with Crippen LogP contribution in [0.5, 0.6) is 0 Å². The SMILES string of the molecule is [2H]c1c([2H])c([2H])c(-c2c([2H])c([2H])c(N(c3c([2H])c([2H])c([2H])c([2H])c3[2H])c3c([2H])c([2H])c(-c4c([2H])c([2H])c5c(oc6c7c([2H])c([2H])c([2H])c([2H])c7c(-c7c([2H])c([2H])c([2H])c([2H])c7[2H])c([2H])c65)c4[2H])c([2H])c3[2H])c([2H])c2[2H])c([2H])c1[2H]. The minimum absolute atomic E-state index is 0.328. The number of para-hydroxylation sites is 1. The summed E-state index contributed by atoms with van der Waals surface area (Å²) in [6.07, 6.45) is 0. The highest BCUT2D eigenvalue weighted by Crippen LogP contribution is 2.41. The van der Waals surface area contributed by atoms with Gasteiger partial charge in [-0.2, -0.15) is 0 Å². The van der Waals surface area contributed by atoms with Crippen molar-refractivity contribution in [3.8, 4) is 33.4 Å². The van der Waals surface area contributed by atoms with Gasteiger partial charge in [-0.25, -0.2) is 0 Å². The normalized spacial score (nSPS) is 20.4. The van der Waals surface area contributed by atoms with Crippen LogP contribution in [-0.4, -0.2) is 0 Å². The molecular formula is C46H31NO. The second-order valence-electron chi connectivity index (χ2n) is 9.77. The van der Waals surface area contributed by atoms with E-state index in [0.717, 1.165) is 0 Å². The van der Waals surface area contributed by atoms with Gasteiger partial charge in [-0.1, -0.05) is 133 Å². The Kier molecular flexibility index (Phi) is 2.59. The highest BCUT2D eigenvalue weighted by molar-refractivity contribution is 6.19. The Morgan fingerprint density at radius 3 is 1.48 bits per heavy atom. The summed E-state index contributed by atoms with van der Waals surface area (Å²) in [5.41, 5.74) is -9.47. The van der Waals surface area contributed by atoms with E-state index in [2.05, 4.69) is 0 Å². The van der Waals surface area contributed by atoms with E-state index < -0.39 is 270 Å². The van der Waals surface area contributed by atoms with Crippen LogP contribution < -0.4 is 4.90 Å². The van der Waals surface area contributed by atoms with E-state index in [4.69, 9.17) is 33.2 Å². The minimum Gasteiger partial charge on any atom is -0.455 e. The maximum absolute atomic E-state index is 9.53. The smallest absolute Gasteiger partial charge is 0.143 e. The second-order valence-corrected chi connectivity index (χ2v) is 9.77. The molecule has 0 aliphatic carbocycles. The summed E-state index contributed by atoms with van der Waals surface area (Å²) < 4.78 is 280. The van der Waals surface area contributed by atoms with Crippen molar-refractivity contribution < 1.29 is 46.9 Å². The molecule has 0 bridgehead atoms. The number of benzene rings is 8. The van der Waals surface area contributed by atoms with Crippen molar-refractivity contribution in [1.82, 2.24) is 0 Å². The third-order valence-corrected chi connectivity index (χ3v) is 7.01. The number of anilines is 3. The number of furan rings is 1. The summed E-state index contributed by atoms with van der Waals surface area (Å²) >= 11 is 0. The Bertz CT molecular complexity index is 4190. The predicted molar refractivity (Wildman–Crippen MR) is 202 cm³/mol. The molecule has 0 N–H and O–H groups in total. The van der Waals surface area contributed by atoms with Gasteiger partial charge < -0.3 is 9.32 Å². The molecule has 0 spiro atoms. The van der Waals surface area contributed by atoms with E-state index in [1.807, 2.05) is 0 Å². The summed E-state index contributed by atoms with van der Waals surface area (Å²) in [5, 5.41) is -2.26. The molecule has 9 rings (SSSR count). The first-order valence-electron chi connectivity index (χ1n) is 29.3. The average Bonchev–Trinajstić information content (AvgIpc) is 4.11. The van der Waals surface area contributed by atoms with E-state index >= 15 is 0 Å². The molecule has 0 saturated heterocycles. The number of rotatable bonds is 6. The van der Waals surface area contributed by atoms with Gasteiger partial charge in [0.2, 0.25) is 0 Å². The average molecular weight is 645 g/mol.